The van der Waals surface area contributed by atoms with E-state index in [1.54, 1.807) is 18.6 Å². The van der Waals surface area contributed by atoms with Crippen LogP contribution in [0.4, 0.5) is 0 Å². The van der Waals surface area contributed by atoms with Crippen LogP contribution in [0.25, 0.3) is 5.57 Å². The van der Waals surface area contributed by atoms with Gasteiger partial charge in [-0.1, -0.05) is 6.08 Å². The minimum atomic E-state index is 0.200. The molecule has 0 aromatic carbocycles. The fraction of sp³-hybridized carbons (Fsp3) is 0.400. The fourth-order valence-electron chi connectivity index (χ4n) is 1.63. The molecule has 1 aromatic heterocycles. The van der Waals surface area contributed by atoms with Crippen molar-refractivity contribution in [3.05, 3.63) is 30.4 Å². The summed E-state index contributed by atoms with van der Waals surface area (Å²) in [4.78, 5) is 8.29. The van der Waals surface area contributed by atoms with Crippen LogP contribution in [0.1, 0.15) is 25.0 Å². The Hall–Kier alpha value is -1.22. The summed E-state index contributed by atoms with van der Waals surface area (Å²) in [5, 5.41) is 0. The Morgan fingerprint density at radius 2 is 2.31 bits per heavy atom. The molecule has 0 aliphatic heterocycles. The molecule has 2 N–H and O–H groups in total. The summed E-state index contributed by atoms with van der Waals surface area (Å²) in [7, 11) is 0. The fourth-order valence-corrected chi connectivity index (χ4v) is 1.63. The largest absolute Gasteiger partial charge is 0.324 e. The van der Waals surface area contributed by atoms with Crippen molar-refractivity contribution < 1.29 is 0 Å². The molecule has 1 aliphatic rings. The van der Waals surface area contributed by atoms with Gasteiger partial charge in [-0.2, -0.15) is 0 Å². The number of rotatable bonds is 1. The lowest BCUT2D eigenvalue weighted by atomic mass is 9.94. The van der Waals surface area contributed by atoms with E-state index in [1.807, 2.05) is 0 Å². The van der Waals surface area contributed by atoms with Crippen molar-refractivity contribution in [1.82, 2.24) is 9.97 Å². The average molecular weight is 175 g/mol. The summed E-state index contributed by atoms with van der Waals surface area (Å²) in [6.45, 7) is 0. The topological polar surface area (TPSA) is 51.8 Å². The summed E-state index contributed by atoms with van der Waals surface area (Å²) in [6.07, 6.45) is 10.6. The van der Waals surface area contributed by atoms with E-state index in [9.17, 15) is 0 Å². The van der Waals surface area contributed by atoms with Crippen LogP contribution >= 0.6 is 0 Å². The average Bonchev–Trinajstić information content (AvgIpc) is 2.19. The van der Waals surface area contributed by atoms with Crippen LogP contribution in [0.5, 0.6) is 0 Å². The van der Waals surface area contributed by atoms with Gasteiger partial charge in [-0.25, -0.2) is 0 Å². The van der Waals surface area contributed by atoms with Gasteiger partial charge in [0.2, 0.25) is 0 Å². The van der Waals surface area contributed by atoms with Crippen LogP contribution in [0.3, 0.4) is 0 Å². The quantitative estimate of drug-likeness (QED) is 0.701. The van der Waals surface area contributed by atoms with E-state index in [4.69, 9.17) is 5.73 Å². The second kappa shape index (κ2) is 3.66. The Morgan fingerprint density at radius 1 is 1.38 bits per heavy atom. The predicted molar refractivity (Wildman–Crippen MR) is 51.8 cm³/mol. The molecule has 0 saturated heterocycles. The molecule has 3 nitrogen and oxygen atoms in total. The van der Waals surface area contributed by atoms with Crippen molar-refractivity contribution in [3.8, 4) is 0 Å². The first kappa shape index (κ1) is 8.38. The molecule has 0 spiro atoms. The van der Waals surface area contributed by atoms with Gasteiger partial charge in [-0.3, -0.25) is 9.97 Å². The molecule has 13 heavy (non-hydrogen) atoms. The molecule has 68 valence electrons. The summed E-state index contributed by atoms with van der Waals surface area (Å²) < 4.78 is 0. The highest BCUT2D eigenvalue weighted by Crippen LogP contribution is 2.23. The van der Waals surface area contributed by atoms with Gasteiger partial charge in [0.15, 0.2) is 0 Å². The Morgan fingerprint density at radius 3 is 3.00 bits per heavy atom. The zero-order chi connectivity index (χ0) is 9.10. The van der Waals surface area contributed by atoms with Gasteiger partial charge in [-0.05, 0) is 24.8 Å². The summed E-state index contributed by atoms with van der Waals surface area (Å²) in [5.74, 6) is 0. The highest BCUT2D eigenvalue weighted by atomic mass is 14.8. The van der Waals surface area contributed by atoms with Gasteiger partial charge in [0, 0.05) is 18.4 Å². The summed E-state index contributed by atoms with van der Waals surface area (Å²) in [5.41, 5.74) is 8.05. The number of aromatic nitrogens is 2. The minimum Gasteiger partial charge on any atom is -0.324 e. The third-order valence-corrected chi connectivity index (χ3v) is 2.29. The van der Waals surface area contributed by atoms with Crippen molar-refractivity contribution in [3.63, 3.8) is 0 Å². The van der Waals surface area contributed by atoms with Crippen molar-refractivity contribution in [2.75, 3.05) is 0 Å². The molecule has 1 unspecified atom stereocenters. The number of nitrogens with zero attached hydrogens (tertiary/aromatic N) is 2. The van der Waals surface area contributed by atoms with Gasteiger partial charge in [0.1, 0.15) is 0 Å². The first-order chi connectivity index (χ1) is 6.36. The van der Waals surface area contributed by atoms with E-state index in [-0.39, 0.29) is 6.04 Å². The van der Waals surface area contributed by atoms with Crippen LogP contribution in [0.15, 0.2) is 24.7 Å². The third kappa shape index (κ3) is 1.92. The monoisotopic (exact) mass is 175 g/mol. The zero-order valence-corrected chi connectivity index (χ0v) is 7.48. The van der Waals surface area contributed by atoms with Gasteiger partial charge >= 0.3 is 0 Å². The molecule has 3 heteroatoms. The van der Waals surface area contributed by atoms with Gasteiger partial charge < -0.3 is 5.73 Å². The Balaban J connectivity index is 2.26. The summed E-state index contributed by atoms with van der Waals surface area (Å²) >= 11 is 0. The van der Waals surface area contributed by atoms with E-state index in [0.29, 0.717) is 0 Å². The maximum atomic E-state index is 5.84. The second-order valence-corrected chi connectivity index (χ2v) is 3.34. The number of nitrogens with two attached hydrogens (primary N) is 1. The smallest absolute Gasteiger partial charge is 0.0842 e. The predicted octanol–water partition coefficient (Wildman–Crippen LogP) is 1.37. The maximum absolute atomic E-state index is 5.84. The van der Waals surface area contributed by atoms with E-state index in [1.165, 1.54) is 5.57 Å². The van der Waals surface area contributed by atoms with Crippen molar-refractivity contribution in [1.29, 1.82) is 0 Å². The SMILES string of the molecule is NC1C=C(c2cnccn2)CCC1. The normalized spacial score (nSPS) is 22.5. The maximum Gasteiger partial charge on any atom is 0.0842 e. The molecular weight excluding hydrogens is 162 g/mol. The highest BCUT2D eigenvalue weighted by molar-refractivity contribution is 5.63. The van der Waals surface area contributed by atoms with Gasteiger partial charge in [0.05, 0.1) is 11.9 Å². The number of allylic oxidation sites excluding steroid dienone is 1. The third-order valence-electron chi connectivity index (χ3n) is 2.29. The number of hydrogen-bond donors (Lipinski definition) is 1. The molecule has 0 radical (unpaired) electrons. The molecule has 0 fully saturated rings. The molecular formula is C10H13N3. The molecule has 0 amide bonds. The van der Waals surface area contributed by atoms with E-state index < -0.39 is 0 Å². The van der Waals surface area contributed by atoms with Crippen molar-refractivity contribution in [2.45, 2.75) is 25.3 Å². The lowest BCUT2D eigenvalue weighted by molar-refractivity contribution is 0.653. The van der Waals surface area contributed by atoms with E-state index >= 15 is 0 Å². The first-order valence-electron chi connectivity index (χ1n) is 4.59. The molecule has 1 aliphatic carbocycles. The molecule has 0 saturated carbocycles. The van der Waals surface area contributed by atoms with Crippen LogP contribution < -0.4 is 5.73 Å². The van der Waals surface area contributed by atoms with Crippen LogP contribution in [0, 0.1) is 0 Å². The lowest BCUT2D eigenvalue weighted by Crippen LogP contribution is -2.20. The van der Waals surface area contributed by atoms with Crippen molar-refractivity contribution >= 4 is 5.57 Å². The molecule has 0 bridgehead atoms. The highest BCUT2D eigenvalue weighted by Gasteiger charge is 2.11. The Bertz CT molecular complexity index is 305. The van der Waals surface area contributed by atoms with Gasteiger partial charge in [0.25, 0.3) is 0 Å². The van der Waals surface area contributed by atoms with Crippen LogP contribution in [-0.4, -0.2) is 16.0 Å². The Labute approximate surface area is 77.7 Å². The van der Waals surface area contributed by atoms with Crippen LogP contribution in [-0.2, 0) is 0 Å². The molecule has 1 aromatic rings. The molecule has 2 rings (SSSR count). The van der Waals surface area contributed by atoms with Gasteiger partial charge in [-0.15, -0.1) is 0 Å². The second-order valence-electron chi connectivity index (χ2n) is 3.34. The minimum absolute atomic E-state index is 0.200. The molecule has 1 heterocycles. The number of hydrogen-bond acceptors (Lipinski definition) is 3. The van der Waals surface area contributed by atoms with E-state index in [0.717, 1.165) is 25.0 Å². The molecule has 1 atom stereocenters. The summed E-state index contributed by atoms with van der Waals surface area (Å²) in [6, 6.07) is 0.200. The standard InChI is InChI=1S/C10H13N3/c11-9-3-1-2-8(6-9)10-7-12-4-5-13-10/h4-7,9H,1-3,11H2. The lowest BCUT2D eigenvalue weighted by Gasteiger charge is -2.16. The first-order valence-corrected chi connectivity index (χ1v) is 4.59. The van der Waals surface area contributed by atoms with Crippen molar-refractivity contribution in [2.24, 2.45) is 5.73 Å². The van der Waals surface area contributed by atoms with E-state index in [2.05, 4.69) is 16.0 Å². The Kier molecular flexibility index (Phi) is 2.36. The zero-order valence-electron chi connectivity index (χ0n) is 7.48. The van der Waals surface area contributed by atoms with Crippen LogP contribution in [0.2, 0.25) is 0 Å².